The van der Waals surface area contributed by atoms with Crippen LogP contribution in [0, 0.1) is 5.82 Å². The highest BCUT2D eigenvalue weighted by Crippen LogP contribution is 2.32. The number of nitrogens with zero attached hydrogens (tertiary/aromatic N) is 1. The molecule has 3 aromatic carbocycles. The van der Waals surface area contributed by atoms with Crippen LogP contribution in [0.2, 0.25) is 0 Å². The Hall–Kier alpha value is -4.33. The van der Waals surface area contributed by atoms with Gasteiger partial charge in [-0.3, -0.25) is 9.59 Å². The molecule has 0 spiro atoms. The molecule has 168 valence electrons. The summed E-state index contributed by atoms with van der Waals surface area (Å²) in [6.45, 7) is 0. The minimum Gasteiger partial charge on any atom is -0.497 e. The number of carbonyl (C=O) groups is 1. The van der Waals surface area contributed by atoms with Crippen molar-refractivity contribution >= 4 is 22.5 Å². The van der Waals surface area contributed by atoms with Crippen molar-refractivity contribution in [1.29, 1.82) is 0 Å². The van der Waals surface area contributed by atoms with Gasteiger partial charge in [-0.05, 0) is 48.5 Å². The zero-order valence-corrected chi connectivity index (χ0v) is 18.2. The number of benzene rings is 3. The van der Waals surface area contributed by atoms with Crippen LogP contribution in [0.25, 0.3) is 16.6 Å². The summed E-state index contributed by atoms with van der Waals surface area (Å²) in [5.74, 6) is 0.283. The largest absolute Gasteiger partial charge is 0.497 e. The average Bonchev–Trinajstić information content (AvgIpc) is 2.83. The lowest BCUT2D eigenvalue weighted by Crippen LogP contribution is -2.23. The molecule has 0 aliphatic carbocycles. The minimum atomic E-state index is -0.662. The maximum atomic E-state index is 13.6. The van der Waals surface area contributed by atoms with Crippen molar-refractivity contribution in [2.24, 2.45) is 0 Å². The van der Waals surface area contributed by atoms with Crippen molar-refractivity contribution < 1.29 is 23.4 Å². The Bertz CT molecular complexity index is 1400. The molecule has 4 aromatic rings. The van der Waals surface area contributed by atoms with E-state index in [0.29, 0.717) is 28.5 Å². The second kappa shape index (κ2) is 9.04. The summed E-state index contributed by atoms with van der Waals surface area (Å²) in [5.41, 5.74) is 0.833. The molecule has 0 radical (unpaired) electrons. The van der Waals surface area contributed by atoms with E-state index in [9.17, 15) is 14.0 Å². The topological polar surface area (TPSA) is 78.8 Å². The van der Waals surface area contributed by atoms with Gasteiger partial charge in [0.25, 0.3) is 5.91 Å². The first-order chi connectivity index (χ1) is 15.9. The molecule has 1 aromatic heterocycles. The summed E-state index contributed by atoms with van der Waals surface area (Å²) in [6, 6.07) is 15.8. The molecule has 4 rings (SSSR count). The van der Waals surface area contributed by atoms with Crippen LogP contribution in [-0.2, 0) is 0 Å². The normalized spacial score (nSPS) is 10.7. The van der Waals surface area contributed by atoms with Crippen molar-refractivity contribution in [2.75, 3.05) is 26.6 Å². The molecule has 33 heavy (non-hydrogen) atoms. The van der Waals surface area contributed by atoms with Crippen LogP contribution in [-0.4, -0.2) is 31.8 Å². The molecule has 0 aliphatic heterocycles. The molecular weight excluding hydrogens is 427 g/mol. The van der Waals surface area contributed by atoms with E-state index >= 15 is 0 Å². The Morgan fingerprint density at radius 1 is 0.909 bits per heavy atom. The summed E-state index contributed by atoms with van der Waals surface area (Å²) in [5, 5.41) is 2.84. The number of nitrogens with one attached hydrogen (secondary N) is 1. The summed E-state index contributed by atoms with van der Waals surface area (Å²) < 4.78 is 31.2. The molecule has 7 nitrogen and oxygen atoms in total. The third kappa shape index (κ3) is 4.23. The predicted octanol–water partition coefficient (Wildman–Crippen LogP) is 4.41. The maximum absolute atomic E-state index is 13.6. The van der Waals surface area contributed by atoms with Gasteiger partial charge >= 0.3 is 0 Å². The molecule has 0 fully saturated rings. The van der Waals surface area contributed by atoms with Gasteiger partial charge in [0.2, 0.25) is 5.43 Å². The van der Waals surface area contributed by atoms with Gasteiger partial charge in [0.05, 0.1) is 32.2 Å². The molecule has 0 unspecified atom stereocenters. The first-order valence-corrected chi connectivity index (χ1v) is 9.98. The summed E-state index contributed by atoms with van der Waals surface area (Å²) in [4.78, 5) is 26.3. The molecule has 0 saturated heterocycles. The monoisotopic (exact) mass is 448 g/mol. The van der Waals surface area contributed by atoms with Crippen LogP contribution < -0.4 is 25.0 Å². The molecule has 1 heterocycles. The number of anilines is 1. The number of halogens is 1. The van der Waals surface area contributed by atoms with E-state index in [1.807, 2.05) is 0 Å². The number of ether oxygens (including phenoxy) is 3. The molecule has 0 atom stereocenters. The van der Waals surface area contributed by atoms with Crippen LogP contribution in [0.15, 0.2) is 71.7 Å². The number of hydrogen-bond acceptors (Lipinski definition) is 5. The van der Waals surface area contributed by atoms with E-state index < -0.39 is 17.2 Å². The number of pyridine rings is 1. The summed E-state index contributed by atoms with van der Waals surface area (Å²) >= 11 is 0. The van der Waals surface area contributed by atoms with Gasteiger partial charge in [-0.1, -0.05) is 6.07 Å². The van der Waals surface area contributed by atoms with Crippen LogP contribution in [0.4, 0.5) is 10.1 Å². The number of amides is 1. The van der Waals surface area contributed by atoms with E-state index in [2.05, 4.69) is 5.32 Å². The minimum absolute atomic E-state index is 0.116. The fourth-order valence-electron chi connectivity index (χ4n) is 3.53. The number of methoxy groups -OCH3 is 3. The van der Waals surface area contributed by atoms with Gasteiger partial charge in [0.1, 0.15) is 17.1 Å². The fourth-order valence-corrected chi connectivity index (χ4v) is 3.53. The van der Waals surface area contributed by atoms with Gasteiger partial charge < -0.3 is 24.1 Å². The molecule has 0 saturated carbocycles. The van der Waals surface area contributed by atoms with E-state index in [1.54, 1.807) is 42.0 Å². The lowest BCUT2D eigenvalue weighted by molar-refractivity contribution is 0.102. The molecule has 0 aliphatic rings. The number of hydrogen-bond donors (Lipinski definition) is 1. The van der Waals surface area contributed by atoms with Gasteiger partial charge in [-0.25, -0.2) is 4.39 Å². The van der Waals surface area contributed by atoms with Gasteiger partial charge in [0.15, 0.2) is 11.5 Å². The maximum Gasteiger partial charge on any atom is 0.261 e. The average molecular weight is 448 g/mol. The van der Waals surface area contributed by atoms with E-state index in [-0.39, 0.29) is 16.6 Å². The van der Waals surface area contributed by atoms with Crippen LogP contribution in [0.5, 0.6) is 17.2 Å². The van der Waals surface area contributed by atoms with E-state index in [4.69, 9.17) is 14.2 Å². The molecule has 8 heteroatoms. The number of aromatic nitrogens is 1. The molecular formula is C25H21FN2O5. The Labute approximate surface area is 188 Å². The highest BCUT2D eigenvalue weighted by Gasteiger charge is 2.19. The van der Waals surface area contributed by atoms with Crippen molar-refractivity contribution in [3.63, 3.8) is 0 Å². The molecule has 0 bridgehead atoms. The Morgan fingerprint density at radius 3 is 2.24 bits per heavy atom. The number of carbonyl (C=O) groups excluding carboxylic acids is 1. The first kappa shape index (κ1) is 21.9. The predicted molar refractivity (Wildman–Crippen MR) is 124 cm³/mol. The van der Waals surface area contributed by atoms with E-state index in [0.717, 1.165) is 0 Å². The molecule has 1 N–H and O–H groups in total. The van der Waals surface area contributed by atoms with E-state index in [1.165, 1.54) is 50.7 Å². The zero-order chi connectivity index (χ0) is 23.5. The SMILES string of the molecule is COc1ccc(-n2cc(C(=O)Nc3cccc(F)c3)c(=O)c3cc(OC)c(OC)cc32)cc1. The summed E-state index contributed by atoms with van der Waals surface area (Å²) in [6.07, 6.45) is 1.45. The van der Waals surface area contributed by atoms with Gasteiger partial charge in [-0.2, -0.15) is 0 Å². The van der Waals surface area contributed by atoms with Crippen molar-refractivity contribution in [2.45, 2.75) is 0 Å². The lowest BCUT2D eigenvalue weighted by atomic mass is 10.1. The van der Waals surface area contributed by atoms with Gasteiger partial charge in [0, 0.05) is 23.6 Å². The second-order valence-corrected chi connectivity index (χ2v) is 7.13. The first-order valence-electron chi connectivity index (χ1n) is 9.98. The van der Waals surface area contributed by atoms with Crippen molar-refractivity contribution in [3.8, 4) is 22.9 Å². The van der Waals surface area contributed by atoms with Crippen molar-refractivity contribution in [1.82, 2.24) is 4.57 Å². The summed E-state index contributed by atoms with van der Waals surface area (Å²) in [7, 11) is 4.53. The quantitative estimate of drug-likeness (QED) is 0.473. The van der Waals surface area contributed by atoms with Crippen LogP contribution in [0.3, 0.4) is 0 Å². The number of fused-ring (bicyclic) bond motifs is 1. The highest BCUT2D eigenvalue weighted by atomic mass is 19.1. The van der Waals surface area contributed by atoms with Crippen molar-refractivity contribution in [3.05, 3.63) is 88.5 Å². The smallest absolute Gasteiger partial charge is 0.261 e. The number of rotatable bonds is 6. The highest BCUT2D eigenvalue weighted by molar-refractivity contribution is 6.06. The van der Waals surface area contributed by atoms with Crippen LogP contribution >= 0.6 is 0 Å². The fraction of sp³-hybridized carbons (Fsp3) is 0.120. The standard InChI is InChI=1S/C25H21FN2O5/c1-31-18-9-7-17(8-10-18)28-14-20(25(30)27-16-6-4-5-15(26)11-16)24(29)19-12-22(32-2)23(33-3)13-21(19)28/h4-14H,1-3H3,(H,27,30). The zero-order valence-electron chi connectivity index (χ0n) is 18.2. The lowest BCUT2D eigenvalue weighted by Gasteiger charge is -2.16. The van der Waals surface area contributed by atoms with Gasteiger partial charge in [-0.15, -0.1) is 0 Å². The van der Waals surface area contributed by atoms with Crippen LogP contribution in [0.1, 0.15) is 10.4 Å². The third-order valence-corrected chi connectivity index (χ3v) is 5.19. The molecule has 1 amide bonds. The third-order valence-electron chi connectivity index (χ3n) is 5.19. The Balaban J connectivity index is 1.94. The Kier molecular flexibility index (Phi) is 5.99. The second-order valence-electron chi connectivity index (χ2n) is 7.13. The Morgan fingerprint density at radius 2 is 1.61 bits per heavy atom.